The monoisotopic (exact) mass is 393 g/mol. The Labute approximate surface area is 163 Å². The highest BCUT2D eigenvalue weighted by atomic mass is 32.2. The molecule has 3 aromatic carbocycles. The number of nitrogens with one attached hydrogen (secondary N) is 1. The molecule has 0 saturated carbocycles. The van der Waals surface area contributed by atoms with E-state index >= 15 is 0 Å². The molecule has 3 N–H and O–H groups in total. The molecular weight excluding hydrogens is 374 g/mol. The predicted octanol–water partition coefficient (Wildman–Crippen LogP) is 4.11. The summed E-state index contributed by atoms with van der Waals surface area (Å²) < 4.78 is 33.4. The van der Waals surface area contributed by atoms with E-state index in [1.165, 1.54) is 17.7 Å². The maximum Gasteiger partial charge on any atom is 0.261 e. The molecule has 0 fully saturated rings. The molecular formula is C21H19N3O3S. The van der Waals surface area contributed by atoms with Gasteiger partial charge in [0.15, 0.2) is 11.5 Å². The first-order valence-electron chi connectivity index (χ1n) is 8.72. The van der Waals surface area contributed by atoms with E-state index in [4.69, 9.17) is 10.2 Å². The lowest BCUT2D eigenvalue weighted by Crippen LogP contribution is -2.12. The number of hydrogen-bond donors (Lipinski definition) is 2. The molecule has 0 spiro atoms. The van der Waals surface area contributed by atoms with E-state index < -0.39 is 10.0 Å². The van der Waals surface area contributed by atoms with Crippen molar-refractivity contribution in [1.29, 1.82) is 0 Å². The fraction of sp³-hybridized carbons (Fsp3) is 0.0952. The van der Waals surface area contributed by atoms with Gasteiger partial charge in [-0.1, -0.05) is 29.8 Å². The summed E-state index contributed by atoms with van der Waals surface area (Å²) in [7, 11) is -3.71. The lowest BCUT2D eigenvalue weighted by atomic mass is 10.1. The van der Waals surface area contributed by atoms with Gasteiger partial charge in [0.25, 0.3) is 10.0 Å². The van der Waals surface area contributed by atoms with Crippen LogP contribution in [0.5, 0.6) is 0 Å². The van der Waals surface area contributed by atoms with Gasteiger partial charge >= 0.3 is 0 Å². The van der Waals surface area contributed by atoms with Gasteiger partial charge in [-0.3, -0.25) is 4.72 Å². The van der Waals surface area contributed by atoms with E-state index in [9.17, 15) is 8.42 Å². The molecule has 0 bridgehead atoms. The fourth-order valence-electron chi connectivity index (χ4n) is 2.86. The van der Waals surface area contributed by atoms with Gasteiger partial charge in [0, 0.05) is 12.1 Å². The lowest BCUT2D eigenvalue weighted by Gasteiger charge is -2.08. The Bertz CT molecular complexity index is 1230. The van der Waals surface area contributed by atoms with Crippen molar-refractivity contribution >= 4 is 32.5 Å². The Morgan fingerprint density at radius 1 is 1.00 bits per heavy atom. The first-order valence-corrected chi connectivity index (χ1v) is 10.2. The second-order valence-electron chi connectivity index (χ2n) is 6.63. The number of rotatable bonds is 5. The molecule has 0 saturated heterocycles. The highest BCUT2D eigenvalue weighted by molar-refractivity contribution is 7.92. The van der Waals surface area contributed by atoms with Gasteiger partial charge in [-0.05, 0) is 55.0 Å². The molecule has 4 aromatic rings. The number of nitrogens with zero attached hydrogens (tertiary/aromatic N) is 1. The Kier molecular flexibility index (Phi) is 4.52. The molecule has 142 valence electrons. The highest BCUT2D eigenvalue weighted by Crippen LogP contribution is 2.24. The Morgan fingerprint density at radius 2 is 1.71 bits per heavy atom. The van der Waals surface area contributed by atoms with E-state index in [1.807, 2.05) is 31.2 Å². The zero-order valence-corrected chi connectivity index (χ0v) is 16.0. The molecule has 0 aliphatic carbocycles. The summed E-state index contributed by atoms with van der Waals surface area (Å²) in [6.07, 6.45) is 0.571. The summed E-state index contributed by atoms with van der Waals surface area (Å²) in [6, 6.07) is 19.2. The van der Waals surface area contributed by atoms with Crippen LogP contribution >= 0.6 is 0 Å². The van der Waals surface area contributed by atoms with Crippen molar-refractivity contribution in [3.05, 3.63) is 83.7 Å². The molecule has 0 aliphatic heterocycles. The number of benzene rings is 3. The molecule has 1 heterocycles. The average molecular weight is 393 g/mol. The van der Waals surface area contributed by atoms with Crippen LogP contribution in [0, 0.1) is 6.92 Å². The third kappa shape index (κ3) is 3.84. The van der Waals surface area contributed by atoms with E-state index in [1.54, 1.807) is 30.3 Å². The number of oxazole rings is 1. The van der Waals surface area contributed by atoms with Crippen molar-refractivity contribution in [3.63, 3.8) is 0 Å². The van der Waals surface area contributed by atoms with Gasteiger partial charge in [-0.2, -0.15) is 0 Å². The van der Waals surface area contributed by atoms with Gasteiger partial charge < -0.3 is 10.2 Å². The number of aromatic nitrogens is 1. The highest BCUT2D eigenvalue weighted by Gasteiger charge is 2.15. The van der Waals surface area contributed by atoms with Gasteiger partial charge in [-0.25, -0.2) is 13.4 Å². The van der Waals surface area contributed by atoms with Crippen LogP contribution < -0.4 is 10.5 Å². The van der Waals surface area contributed by atoms with Crippen molar-refractivity contribution in [2.24, 2.45) is 0 Å². The van der Waals surface area contributed by atoms with Crippen LogP contribution in [0.1, 0.15) is 17.0 Å². The van der Waals surface area contributed by atoms with Crippen molar-refractivity contribution in [1.82, 2.24) is 4.98 Å². The van der Waals surface area contributed by atoms with Crippen LogP contribution in [0.4, 0.5) is 11.4 Å². The van der Waals surface area contributed by atoms with E-state index in [-0.39, 0.29) is 4.90 Å². The molecule has 0 aliphatic rings. The van der Waals surface area contributed by atoms with Crippen molar-refractivity contribution in [3.8, 4) is 0 Å². The van der Waals surface area contributed by atoms with Gasteiger partial charge in [0.2, 0.25) is 0 Å². The number of hydrogen-bond acceptors (Lipinski definition) is 5. The normalized spacial score (nSPS) is 11.6. The Balaban J connectivity index is 1.57. The summed E-state index contributed by atoms with van der Waals surface area (Å²) >= 11 is 0. The van der Waals surface area contributed by atoms with Crippen LogP contribution in [0.25, 0.3) is 11.1 Å². The first kappa shape index (κ1) is 18.1. The van der Waals surface area contributed by atoms with Crippen molar-refractivity contribution < 1.29 is 12.8 Å². The lowest BCUT2D eigenvalue weighted by molar-refractivity contribution is 0.544. The van der Waals surface area contributed by atoms with Gasteiger partial charge in [0.1, 0.15) is 5.52 Å². The predicted molar refractivity (Wildman–Crippen MR) is 110 cm³/mol. The molecule has 0 amide bonds. The summed E-state index contributed by atoms with van der Waals surface area (Å²) in [4.78, 5) is 4.63. The number of aryl methyl sites for hydroxylation is 1. The number of fused-ring (bicyclic) bond motifs is 1. The standard InChI is InChI=1S/C21H19N3O3S/c1-14-2-4-15(5-3-14)12-21-23-19-13-17(8-11-20(19)27-21)24-28(25,26)18-9-6-16(22)7-10-18/h2-11,13,24H,12,22H2,1H3. The smallest absolute Gasteiger partial charge is 0.261 e. The van der Waals surface area contributed by atoms with Crippen LogP contribution in [0.3, 0.4) is 0 Å². The third-order valence-electron chi connectivity index (χ3n) is 4.35. The SMILES string of the molecule is Cc1ccc(Cc2nc3cc(NS(=O)(=O)c4ccc(N)cc4)ccc3o2)cc1. The largest absolute Gasteiger partial charge is 0.440 e. The molecule has 28 heavy (non-hydrogen) atoms. The quantitative estimate of drug-likeness (QED) is 0.497. The van der Waals surface area contributed by atoms with Crippen LogP contribution in [-0.4, -0.2) is 13.4 Å². The molecule has 0 atom stereocenters. The number of anilines is 2. The molecule has 1 aromatic heterocycles. The zero-order valence-electron chi connectivity index (χ0n) is 15.2. The number of sulfonamides is 1. The maximum absolute atomic E-state index is 12.5. The molecule has 0 radical (unpaired) electrons. The van der Waals surface area contributed by atoms with E-state index in [0.717, 1.165) is 5.56 Å². The Morgan fingerprint density at radius 3 is 2.43 bits per heavy atom. The minimum absolute atomic E-state index is 0.141. The first-order chi connectivity index (χ1) is 13.4. The van der Waals surface area contributed by atoms with Crippen LogP contribution in [-0.2, 0) is 16.4 Å². The summed E-state index contributed by atoms with van der Waals surface area (Å²) in [6.45, 7) is 2.04. The van der Waals surface area contributed by atoms with E-state index in [0.29, 0.717) is 34.8 Å². The van der Waals surface area contributed by atoms with E-state index in [2.05, 4.69) is 9.71 Å². The second kappa shape index (κ2) is 7.01. The maximum atomic E-state index is 12.5. The van der Waals surface area contributed by atoms with Gasteiger partial charge in [-0.15, -0.1) is 0 Å². The number of nitrogens with two attached hydrogens (primary N) is 1. The number of nitrogen functional groups attached to an aromatic ring is 1. The minimum atomic E-state index is -3.71. The third-order valence-corrected chi connectivity index (χ3v) is 5.75. The molecule has 4 rings (SSSR count). The minimum Gasteiger partial charge on any atom is -0.440 e. The summed E-state index contributed by atoms with van der Waals surface area (Å²) in [5, 5.41) is 0. The van der Waals surface area contributed by atoms with Crippen LogP contribution in [0.2, 0.25) is 0 Å². The average Bonchev–Trinajstić information content (AvgIpc) is 3.05. The van der Waals surface area contributed by atoms with Crippen LogP contribution in [0.15, 0.2) is 76.0 Å². The zero-order chi connectivity index (χ0) is 19.7. The fourth-order valence-corrected chi connectivity index (χ4v) is 3.91. The molecule has 7 heteroatoms. The molecule has 0 unspecified atom stereocenters. The van der Waals surface area contributed by atoms with Crippen molar-refractivity contribution in [2.75, 3.05) is 10.5 Å². The second-order valence-corrected chi connectivity index (χ2v) is 8.31. The summed E-state index contributed by atoms with van der Waals surface area (Å²) in [5.41, 5.74) is 10.0. The molecule has 6 nitrogen and oxygen atoms in total. The Hall–Kier alpha value is -3.32. The topological polar surface area (TPSA) is 98.2 Å². The summed E-state index contributed by atoms with van der Waals surface area (Å²) in [5.74, 6) is 0.581. The van der Waals surface area contributed by atoms with Crippen molar-refractivity contribution in [2.45, 2.75) is 18.2 Å². The van der Waals surface area contributed by atoms with Gasteiger partial charge in [0.05, 0.1) is 10.6 Å².